The fourth-order valence-corrected chi connectivity index (χ4v) is 7.70. The molecule has 4 aliphatic heterocycles. The standard InChI is InChI=1S/C31H39N3O5/c1-2-17-32-18-9-15-24-25(28(32)36)26-29(37)34(23(20-35)21-11-5-3-6-12-21)27-30(38)33(22-13-7-4-8-14-22)19-10-16-31(26,27)39-24/h3,5-6,9-12,15-16,22-27,35H,2,4,7-8,13-14,17-20H2,1H3/t23-,24+,25-,26+,27?,31+/m1/s1. The van der Waals surface area contributed by atoms with Crippen molar-refractivity contribution in [3.63, 3.8) is 0 Å². The molecule has 3 amide bonds. The molecule has 1 unspecified atom stereocenters. The number of hydrogen-bond acceptors (Lipinski definition) is 5. The zero-order valence-corrected chi connectivity index (χ0v) is 22.7. The van der Waals surface area contributed by atoms with Gasteiger partial charge in [0.05, 0.1) is 30.6 Å². The molecular weight excluding hydrogens is 494 g/mol. The summed E-state index contributed by atoms with van der Waals surface area (Å²) >= 11 is 0. The number of nitrogens with zero attached hydrogens (tertiary/aromatic N) is 3. The summed E-state index contributed by atoms with van der Waals surface area (Å²) in [6.07, 6.45) is 13.2. The fraction of sp³-hybridized carbons (Fsp3) is 0.581. The lowest BCUT2D eigenvalue weighted by atomic mass is 9.77. The minimum absolute atomic E-state index is 0.0998. The summed E-state index contributed by atoms with van der Waals surface area (Å²) in [5.41, 5.74) is -0.519. The predicted octanol–water partition coefficient (Wildman–Crippen LogP) is 2.84. The van der Waals surface area contributed by atoms with Gasteiger partial charge in [0.1, 0.15) is 11.6 Å². The van der Waals surface area contributed by atoms with Gasteiger partial charge in [-0.3, -0.25) is 14.4 Å². The van der Waals surface area contributed by atoms with Crippen LogP contribution in [-0.4, -0.2) is 87.6 Å². The van der Waals surface area contributed by atoms with E-state index in [0.717, 1.165) is 37.7 Å². The maximum absolute atomic E-state index is 14.6. The van der Waals surface area contributed by atoms with E-state index in [2.05, 4.69) is 0 Å². The molecule has 39 heavy (non-hydrogen) atoms. The van der Waals surface area contributed by atoms with E-state index in [1.165, 1.54) is 6.42 Å². The Bertz CT molecular complexity index is 1160. The molecule has 5 aliphatic rings. The topological polar surface area (TPSA) is 90.4 Å². The molecule has 8 nitrogen and oxygen atoms in total. The number of rotatable bonds is 6. The van der Waals surface area contributed by atoms with Crippen LogP contribution < -0.4 is 0 Å². The maximum atomic E-state index is 14.6. The van der Waals surface area contributed by atoms with Gasteiger partial charge in [0.25, 0.3) is 0 Å². The van der Waals surface area contributed by atoms with Crippen molar-refractivity contribution in [1.82, 2.24) is 14.7 Å². The molecule has 1 aromatic rings. The average Bonchev–Trinajstić information content (AvgIpc) is 3.28. The lowest BCUT2D eigenvalue weighted by molar-refractivity contribution is -0.153. The number of aliphatic hydroxyl groups excluding tert-OH is 1. The second kappa shape index (κ2) is 10.5. The lowest BCUT2D eigenvalue weighted by Gasteiger charge is -2.41. The number of carbonyl (C=O) groups excluding carboxylic acids is 3. The van der Waals surface area contributed by atoms with Gasteiger partial charge in [-0.1, -0.05) is 80.8 Å². The number of benzene rings is 1. The summed E-state index contributed by atoms with van der Waals surface area (Å²) in [7, 11) is 0. The number of ether oxygens (including phenoxy) is 1. The molecule has 6 atom stereocenters. The maximum Gasteiger partial charge on any atom is 0.249 e. The average molecular weight is 534 g/mol. The molecular formula is C31H39N3O5. The molecule has 2 saturated heterocycles. The highest BCUT2D eigenvalue weighted by atomic mass is 16.5. The molecule has 6 rings (SSSR count). The van der Waals surface area contributed by atoms with Crippen LogP contribution in [0, 0.1) is 11.8 Å². The minimum Gasteiger partial charge on any atom is -0.394 e. The summed E-state index contributed by atoms with van der Waals surface area (Å²) in [6, 6.07) is 7.80. The third kappa shape index (κ3) is 4.14. The van der Waals surface area contributed by atoms with Gasteiger partial charge >= 0.3 is 0 Å². The third-order valence-corrected chi connectivity index (χ3v) is 9.41. The molecule has 208 valence electrons. The largest absolute Gasteiger partial charge is 0.394 e. The van der Waals surface area contributed by atoms with Crippen LogP contribution in [0.1, 0.15) is 57.1 Å². The van der Waals surface area contributed by atoms with Crippen molar-refractivity contribution in [2.24, 2.45) is 11.8 Å². The number of amides is 3. The van der Waals surface area contributed by atoms with Crippen LogP contribution in [0.3, 0.4) is 0 Å². The van der Waals surface area contributed by atoms with Crippen LogP contribution in [0.4, 0.5) is 0 Å². The first-order valence-electron chi connectivity index (χ1n) is 14.6. The van der Waals surface area contributed by atoms with E-state index in [0.29, 0.717) is 19.6 Å². The van der Waals surface area contributed by atoms with Gasteiger partial charge in [-0.2, -0.15) is 0 Å². The molecule has 0 bridgehead atoms. The molecule has 1 saturated carbocycles. The summed E-state index contributed by atoms with van der Waals surface area (Å²) < 4.78 is 6.76. The van der Waals surface area contributed by atoms with Gasteiger partial charge in [-0.25, -0.2) is 0 Å². The van der Waals surface area contributed by atoms with Crippen LogP contribution in [0.2, 0.25) is 0 Å². The Kier molecular flexibility index (Phi) is 7.10. The molecule has 0 aromatic heterocycles. The third-order valence-electron chi connectivity index (χ3n) is 9.41. The second-order valence-electron chi connectivity index (χ2n) is 11.6. The summed E-state index contributed by atoms with van der Waals surface area (Å²) in [4.78, 5) is 48.4. The molecule has 4 heterocycles. The van der Waals surface area contributed by atoms with E-state index in [-0.39, 0.29) is 30.4 Å². The number of fused-ring (bicyclic) bond motifs is 2. The van der Waals surface area contributed by atoms with E-state index in [4.69, 9.17) is 4.74 Å². The normalized spacial score (nSPS) is 33.6. The van der Waals surface area contributed by atoms with Gasteiger partial charge in [0.15, 0.2) is 0 Å². The van der Waals surface area contributed by atoms with Gasteiger partial charge in [-0.05, 0) is 24.8 Å². The molecule has 1 aliphatic carbocycles. The summed E-state index contributed by atoms with van der Waals surface area (Å²) in [5, 5.41) is 10.7. The van der Waals surface area contributed by atoms with E-state index in [1.54, 1.807) is 9.80 Å². The Hall–Kier alpha value is -2.97. The highest BCUT2D eigenvalue weighted by Gasteiger charge is 2.72. The van der Waals surface area contributed by atoms with E-state index >= 15 is 0 Å². The Morgan fingerprint density at radius 3 is 2.49 bits per heavy atom. The van der Waals surface area contributed by atoms with E-state index in [9.17, 15) is 19.5 Å². The van der Waals surface area contributed by atoms with E-state index in [1.807, 2.05) is 66.5 Å². The molecule has 1 N–H and O–H groups in total. The smallest absolute Gasteiger partial charge is 0.249 e. The number of aliphatic hydroxyl groups is 1. The van der Waals surface area contributed by atoms with Gasteiger partial charge in [-0.15, -0.1) is 0 Å². The van der Waals surface area contributed by atoms with Crippen molar-refractivity contribution < 1.29 is 24.2 Å². The molecule has 3 fully saturated rings. The van der Waals surface area contributed by atoms with Crippen LogP contribution in [-0.2, 0) is 19.1 Å². The first-order chi connectivity index (χ1) is 19.0. The Balaban J connectivity index is 1.47. The van der Waals surface area contributed by atoms with Gasteiger partial charge in [0.2, 0.25) is 17.7 Å². The van der Waals surface area contributed by atoms with Crippen molar-refractivity contribution in [3.05, 3.63) is 60.2 Å². The van der Waals surface area contributed by atoms with Crippen LogP contribution >= 0.6 is 0 Å². The molecule has 1 aromatic carbocycles. The van der Waals surface area contributed by atoms with Crippen molar-refractivity contribution in [3.8, 4) is 0 Å². The number of likely N-dealkylation sites (tertiary alicyclic amines) is 1. The first-order valence-corrected chi connectivity index (χ1v) is 14.6. The van der Waals surface area contributed by atoms with Gasteiger partial charge in [0, 0.05) is 25.7 Å². The van der Waals surface area contributed by atoms with Crippen molar-refractivity contribution in [1.29, 1.82) is 0 Å². The van der Waals surface area contributed by atoms with Gasteiger partial charge < -0.3 is 24.5 Å². The van der Waals surface area contributed by atoms with Crippen molar-refractivity contribution in [2.45, 2.75) is 75.3 Å². The summed E-state index contributed by atoms with van der Waals surface area (Å²) in [6.45, 7) is 3.23. The number of carbonyl (C=O) groups is 3. The Morgan fingerprint density at radius 1 is 1.00 bits per heavy atom. The van der Waals surface area contributed by atoms with Crippen LogP contribution in [0.15, 0.2) is 54.6 Å². The fourth-order valence-electron chi connectivity index (χ4n) is 7.70. The highest BCUT2D eigenvalue weighted by Crippen LogP contribution is 2.55. The van der Waals surface area contributed by atoms with Crippen molar-refractivity contribution >= 4 is 17.7 Å². The predicted molar refractivity (Wildman–Crippen MR) is 145 cm³/mol. The van der Waals surface area contributed by atoms with E-state index < -0.39 is 35.6 Å². The SMILES string of the molecule is CCCN1CC=C[C@@H]2O[C@]34C=CCN(C5CCCCC5)C(=O)C3N([C@H](CO)c3ccccc3)C(=O)[C@@H]4[C@@H]2C1=O. The zero-order valence-electron chi connectivity index (χ0n) is 22.7. The minimum atomic E-state index is -1.27. The summed E-state index contributed by atoms with van der Waals surface area (Å²) in [5.74, 6) is -2.10. The number of hydrogen-bond donors (Lipinski definition) is 1. The van der Waals surface area contributed by atoms with Crippen LogP contribution in [0.5, 0.6) is 0 Å². The quantitative estimate of drug-likeness (QED) is 0.568. The van der Waals surface area contributed by atoms with Crippen molar-refractivity contribution in [2.75, 3.05) is 26.2 Å². The zero-order chi connectivity index (χ0) is 27.1. The Morgan fingerprint density at radius 2 is 1.77 bits per heavy atom. The lowest BCUT2D eigenvalue weighted by Crippen LogP contribution is -2.58. The molecule has 1 spiro atoms. The second-order valence-corrected chi connectivity index (χ2v) is 11.6. The Labute approximate surface area is 230 Å². The molecule has 0 radical (unpaired) electrons. The first kappa shape index (κ1) is 26.3. The van der Waals surface area contributed by atoms with Crippen LogP contribution in [0.25, 0.3) is 0 Å². The highest BCUT2D eigenvalue weighted by molar-refractivity contribution is 6.00. The monoisotopic (exact) mass is 533 g/mol. The molecule has 8 heteroatoms.